The molecule has 0 saturated carbocycles. The Bertz CT molecular complexity index is 1200. The van der Waals surface area contributed by atoms with Crippen molar-refractivity contribution in [2.45, 2.75) is 33.4 Å². The van der Waals surface area contributed by atoms with Gasteiger partial charge in [0.2, 0.25) is 0 Å². The van der Waals surface area contributed by atoms with Crippen molar-refractivity contribution in [2.75, 3.05) is 18.5 Å². The van der Waals surface area contributed by atoms with Crippen LogP contribution < -0.4 is 16.2 Å². The number of carbonyl (C=O) groups is 2. The molecule has 0 aliphatic carbocycles. The third kappa shape index (κ3) is 4.06. The van der Waals surface area contributed by atoms with Crippen LogP contribution in [0.25, 0.3) is 5.65 Å². The van der Waals surface area contributed by atoms with Gasteiger partial charge in [-0.2, -0.15) is 9.61 Å². The van der Waals surface area contributed by atoms with Crippen LogP contribution in [0, 0.1) is 0 Å². The van der Waals surface area contributed by atoms with Gasteiger partial charge in [-0.3, -0.25) is 9.59 Å². The maximum Gasteiger partial charge on any atom is 0.338 e. The van der Waals surface area contributed by atoms with E-state index in [2.05, 4.69) is 15.7 Å². The van der Waals surface area contributed by atoms with Gasteiger partial charge in [-0.25, -0.2) is 4.79 Å². The summed E-state index contributed by atoms with van der Waals surface area (Å²) in [5, 5.41) is 10.2. The van der Waals surface area contributed by atoms with Gasteiger partial charge in [-0.05, 0) is 32.0 Å². The molecule has 1 aromatic carbocycles. The Labute approximate surface area is 184 Å². The summed E-state index contributed by atoms with van der Waals surface area (Å²) in [5.74, 6) is -0.855. The fraction of sp³-hybridized carbons (Fsp3) is 0.333. The lowest BCUT2D eigenvalue weighted by Crippen LogP contribution is -2.36. The van der Waals surface area contributed by atoms with E-state index in [1.165, 1.54) is 10.7 Å². The molecule has 0 bridgehead atoms. The largest absolute Gasteiger partial charge is 0.462 e. The molecular formula is C21H24ClN5O4. The number of amides is 1. The van der Waals surface area contributed by atoms with Crippen LogP contribution in [-0.4, -0.2) is 39.2 Å². The van der Waals surface area contributed by atoms with Crippen molar-refractivity contribution < 1.29 is 14.3 Å². The summed E-state index contributed by atoms with van der Waals surface area (Å²) in [6.07, 6.45) is 2.12. The highest BCUT2D eigenvalue weighted by Crippen LogP contribution is 2.19. The quantitative estimate of drug-likeness (QED) is 0.582. The summed E-state index contributed by atoms with van der Waals surface area (Å²) in [6.45, 7) is 5.86. The monoisotopic (exact) mass is 445 g/mol. The molecule has 0 saturated heterocycles. The standard InChI is InChI=1S/C21H23N5O4.ClH/c1-3-25-17-8-9-22-11-15(17)20(28)26-19(25)16(12-23-26)18(27)24-14-7-5-6-13(10-14)21(29)30-4-2;/h5-7,10,12,22H,3-4,8-9,11H2,1-2H3,(H,24,27);1H. The lowest BCUT2D eigenvalue weighted by atomic mass is 10.1. The molecule has 0 radical (unpaired) electrons. The number of hydrogen-bond acceptors (Lipinski definition) is 6. The van der Waals surface area contributed by atoms with E-state index < -0.39 is 11.9 Å². The van der Waals surface area contributed by atoms with E-state index in [9.17, 15) is 14.4 Å². The Hall–Kier alpha value is -3.17. The Morgan fingerprint density at radius 2 is 2.10 bits per heavy atom. The van der Waals surface area contributed by atoms with E-state index >= 15 is 0 Å². The van der Waals surface area contributed by atoms with E-state index in [1.807, 2.05) is 11.5 Å². The number of hydrogen-bond donors (Lipinski definition) is 2. The minimum Gasteiger partial charge on any atom is -0.462 e. The molecule has 0 fully saturated rings. The first-order chi connectivity index (χ1) is 14.5. The Morgan fingerprint density at radius 1 is 1.29 bits per heavy atom. The zero-order chi connectivity index (χ0) is 21.3. The van der Waals surface area contributed by atoms with Crippen LogP contribution in [0.2, 0.25) is 0 Å². The van der Waals surface area contributed by atoms with Gasteiger partial charge >= 0.3 is 5.97 Å². The molecule has 3 aromatic rings. The van der Waals surface area contributed by atoms with Crippen molar-refractivity contribution in [2.24, 2.45) is 0 Å². The maximum atomic E-state index is 13.0. The third-order valence-corrected chi connectivity index (χ3v) is 5.16. The molecule has 4 rings (SSSR count). The van der Waals surface area contributed by atoms with Crippen LogP contribution in [0.5, 0.6) is 0 Å². The lowest BCUT2D eigenvalue weighted by Gasteiger charge is -2.22. The maximum absolute atomic E-state index is 13.0. The van der Waals surface area contributed by atoms with E-state index in [0.717, 1.165) is 12.2 Å². The van der Waals surface area contributed by atoms with Crippen LogP contribution in [0.1, 0.15) is 45.8 Å². The molecule has 0 atom stereocenters. The van der Waals surface area contributed by atoms with Crippen molar-refractivity contribution in [3.05, 3.63) is 63.2 Å². The average Bonchev–Trinajstić information content (AvgIpc) is 3.20. The fourth-order valence-electron chi connectivity index (χ4n) is 3.81. The SMILES string of the molecule is CCOC(=O)c1cccc(NC(=O)c2cnn3c(=O)c4c(n(CC)c23)CCNC4)c1.Cl. The number of nitrogens with zero attached hydrogens (tertiary/aromatic N) is 3. The van der Waals surface area contributed by atoms with Gasteiger partial charge in [0.05, 0.1) is 23.9 Å². The lowest BCUT2D eigenvalue weighted by molar-refractivity contribution is 0.0526. The molecule has 0 spiro atoms. The Kier molecular flexibility index (Phi) is 6.77. The molecule has 10 heteroatoms. The van der Waals surface area contributed by atoms with Crippen LogP contribution in [0.4, 0.5) is 5.69 Å². The van der Waals surface area contributed by atoms with Gasteiger partial charge in [-0.1, -0.05) is 6.07 Å². The molecule has 31 heavy (non-hydrogen) atoms. The number of anilines is 1. The van der Waals surface area contributed by atoms with Gasteiger partial charge < -0.3 is 19.9 Å². The van der Waals surface area contributed by atoms with Crippen molar-refractivity contribution >= 4 is 35.6 Å². The number of halogens is 1. The van der Waals surface area contributed by atoms with E-state index in [-0.39, 0.29) is 24.6 Å². The van der Waals surface area contributed by atoms with E-state index in [1.54, 1.807) is 31.2 Å². The van der Waals surface area contributed by atoms with Crippen LogP contribution in [0.15, 0.2) is 35.3 Å². The van der Waals surface area contributed by atoms with Gasteiger partial charge in [0.25, 0.3) is 11.5 Å². The normalized spacial score (nSPS) is 12.7. The fourth-order valence-corrected chi connectivity index (χ4v) is 3.81. The summed E-state index contributed by atoms with van der Waals surface area (Å²) in [4.78, 5) is 37.9. The number of aromatic nitrogens is 3. The van der Waals surface area contributed by atoms with E-state index in [4.69, 9.17) is 4.74 Å². The second-order valence-corrected chi connectivity index (χ2v) is 6.95. The van der Waals surface area contributed by atoms with Crippen molar-refractivity contribution in [3.63, 3.8) is 0 Å². The molecule has 1 aliphatic heterocycles. The number of ether oxygens (including phenoxy) is 1. The predicted molar refractivity (Wildman–Crippen MR) is 118 cm³/mol. The number of fused-ring (bicyclic) bond motifs is 2. The molecule has 9 nitrogen and oxygen atoms in total. The van der Waals surface area contributed by atoms with E-state index in [0.29, 0.717) is 47.5 Å². The summed E-state index contributed by atoms with van der Waals surface area (Å²) < 4.78 is 8.28. The summed E-state index contributed by atoms with van der Waals surface area (Å²) in [7, 11) is 0. The first-order valence-electron chi connectivity index (χ1n) is 9.96. The third-order valence-electron chi connectivity index (χ3n) is 5.16. The molecule has 164 valence electrons. The number of carbonyl (C=O) groups excluding carboxylic acids is 2. The first kappa shape index (κ1) is 22.5. The highest BCUT2D eigenvalue weighted by Gasteiger charge is 2.24. The van der Waals surface area contributed by atoms with Gasteiger partial charge in [-0.15, -0.1) is 12.4 Å². The number of aryl methyl sites for hydroxylation is 1. The zero-order valence-corrected chi connectivity index (χ0v) is 18.1. The zero-order valence-electron chi connectivity index (χ0n) is 17.3. The number of benzene rings is 1. The predicted octanol–water partition coefficient (Wildman–Crippen LogP) is 2.01. The molecule has 3 heterocycles. The minimum atomic E-state index is -0.454. The molecule has 2 aromatic heterocycles. The minimum absolute atomic E-state index is 0. The second kappa shape index (κ2) is 9.32. The summed E-state index contributed by atoms with van der Waals surface area (Å²) in [5.41, 5.74) is 3.00. The molecule has 1 aliphatic rings. The number of esters is 1. The first-order valence-corrected chi connectivity index (χ1v) is 9.96. The molecule has 0 unspecified atom stereocenters. The smallest absolute Gasteiger partial charge is 0.338 e. The Balaban J connectivity index is 0.00000272. The molecular weight excluding hydrogens is 422 g/mol. The van der Waals surface area contributed by atoms with Crippen molar-refractivity contribution in [1.82, 2.24) is 19.5 Å². The summed E-state index contributed by atoms with van der Waals surface area (Å²) >= 11 is 0. The highest BCUT2D eigenvalue weighted by atomic mass is 35.5. The van der Waals surface area contributed by atoms with Gasteiger partial charge in [0.1, 0.15) is 5.56 Å². The summed E-state index contributed by atoms with van der Waals surface area (Å²) in [6, 6.07) is 6.54. The average molecular weight is 446 g/mol. The number of nitrogens with one attached hydrogen (secondary N) is 2. The van der Waals surface area contributed by atoms with Crippen molar-refractivity contribution in [1.29, 1.82) is 0 Å². The molecule has 1 amide bonds. The molecule has 2 N–H and O–H groups in total. The van der Waals surface area contributed by atoms with Crippen LogP contribution in [-0.2, 0) is 24.2 Å². The van der Waals surface area contributed by atoms with Crippen molar-refractivity contribution in [3.8, 4) is 0 Å². The van der Waals surface area contributed by atoms with Crippen LogP contribution >= 0.6 is 12.4 Å². The second-order valence-electron chi connectivity index (χ2n) is 6.95. The Morgan fingerprint density at radius 3 is 2.84 bits per heavy atom. The van der Waals surface area contributed by atoms with Gasteiger partial charge in [0.15, 0.2) is 5.65 Å². The van der Waals surface area contributed by atoms with Gasteiger partial charge in [0, 0.05) is 37.4 Å². The van der Waals surface area contributed by atoms with Crippen LogP contribution in [0.3, 0.4) is 0 Å². The highest BCUT2D eigenvalue weighted by molar-refractivity contribution is 6.08. The number of rotatable bonds is 5. The topological polar surface area (TPSA) is 107 Å².